The lowest BCUT2D eigenvalue weighted by atomic mass is 10.1. The quantitative estimate of drug-likeness (QED) is 0.487. The van der Waals surface area contributed by atoms with E-state index in [-0.39, 0.29) is 43.0 Å². The molecule has 2 amide bonds. The number of amides is 2. The normalized spacial score (nSPS) is 13.1. The molecule has 0 unspecified atom stereocenters. The van der Waals surface area contributed by atoms with E-state index in [2.05, 4.69) is 0 Å². The molecular weight excluding hydrogens is 433 g/mol. The Morgan fingerprint density at radius 3 is 2.60 bits per heavy atom. The van der Waals surface area contributed by atoms with Gasteiger partial charge in [-0.25, -0.2) is 0 Å². The highest BCUT2D eigenvalue weighted by Crippen LogP contribution is 2.35. The van der Waals surface area contributed by atoms with Gasteiger partial charge >= 0.3 is 0 Å². The monoisotopic (exact) mass is 451 g/mol. The lowest BCUT2D eigenvalue weighted by Crippen LogP contribution is -2.48. The largest absolute Gasteiger partial charge is 0.482 e. The Morgan fingerprint density at radius 2 is 1.97 bits per heavy atom. The van der Waals surface area contributed by atoms with E-state index >= 15 is 0 Å². The fraction of sp³-hybridized carbons (Fsp3) is 0.300. The molecule has 2 aromatic rings. The maximum Gasteiger partial charge on any atom is 0.271 e. The fourth-order valence-corrected chi connectivity index (χ4v) is 3.42. The molecule has 1 aliphatic rings. The first kappa shape index (κ1) is 21.9. The maximum absolute atomic E-state index is 13.1. The summed E-state index contributed by atoms with van der Waals surface area (Å²) in [7, 11) is 0. The molecule has 1 aliphatic heterocycles. The molecule has 0 aliphatic carbocycles. The molecule has 8 nitrogen and oxygen atoms in total. The number of rotatable bonds is 6. The average Bonchev–Trinajstić information content (AvgIpc) is 2.70. The predicted molar refractivity (Wildman–Crippen MR) is 113 cm³/mol. The van der Waals surface area contributed by atoms with Gasteiger partial charge in [0.1, 0.15) is 12.3 Å². The van der Waals surface area contributed by atoms with Crippen LogP contribution in [0.1, 0.15) is 19.4 Å². The van der Waals surface area contributed by atoms with Crippen LogP contribution in [0, 0.1) is 10.1 Å². The van der Waals surface area contributed by atoms with E-state index in [4.69, 9.17) is 27.9 Å². The number of anilines is 1. The zero-order chi connectivity index (χ0) is 22.0. The molecule has 0 spiro atoms. The lowest BCUT2D eigenvalue weighted by Gasteiger charge is -2.32. The van der Waals surface area contributed by atoms with Crippen LogP contribution in [0.25, 0.3) is 0 Å². The summed E-state index contributed by atoms with van der Waals surface area (Å²) in [4.78, 5) is 38.9. The highest BCUT2D eigenvalue weighted by molar-refractivity contribution is 6.42. The maximum atomic E-state index is 13.1. The SMILES string of the molecule is CC(C)N(Cc1ccc(Cl)c(Cl)c1)C(=O)CN1C(=O)COc2ccc([N+](=O)[O-])cc21. The third-order valence-electron chi connectivity index (χ3n) is 4.67. The first-order chi connectivity index (χ1) is 14.2. The minimum atomic E-state index is -0.565. The van der Waals surface area contributed by atoms with Crippen molar-refractivity contribution < 1.29 is 19.2 Å². The summed E-state index contributed by atoms with van der Waals surface area (Å²) in [6.07, 6.45) is 0. The number of benzene rings is 2. The molecule has 0 aromatic heterocycles. The number of non-ortho nitro benzene ring substituents is 1. The van der Waals surface area contributed by atoms with Crippen LogP contribution >= 0.6 is 23.2 Å². The average molecular weight is 452 g/mol. The Morgan fingerprint density at radius 1 is 1.23 bits per heavy atom. The minimum Gasteiger partial charge on any atom is -0.482 e. The Bertz CT molecular complexity index is 1010. The van der Waals surface area contributed by atoms with Crippen molar-refractivity contribution in [1.29, 1.82) is 0 Å². The van der Waals surface area contributed by atoms with Crippen molar-refractivity contribution in [2.24, 2.45) is 0 Å². The van der Waals surface area contributed by atoms with Crippen molar-refractivity contribution in [3.63, 3.8) is 0 Å². The first-order valence-corrected chi connectivity index (χ1v) is 9.88. The van der Waals surface area contributed by atoms with Gasteiger partial charge in [0.2, 0.25) is 5.91 Å². The Labute approximate surface area is 183 Å². The summed E-state index contributed by atoms with van der Waals surface area (Å²) >= 11 is 12.0. The molecule has 158 valence electrons. The number of carbonyl (C=O) groups excluding carboxylic acids is 2. The Kier molecular flexibility index (Phi) is 6.48. The van der Waals surface area contributed by atoms with Crippen LogP contribution in [0.4, 0.5) is 11.4 Å². The zero-order valence-electron chi connectivity index (χ0n) is 16.3. The van der Waals surface area contributed by atoms with Gasteiger partial charge in [-0.3, -0.25) is 24.6 Å². The minimum absolute atomic E-state index is 0.160. The van der Waals surface area contributed by atoms with Gasteiger partial charge in [0, 0.05) is 24.7 Å². The standard InChI is InChI=1S/C20H19Cl2N3O5/c1-12(2)23(9-13-3-5-15(21)16(22)7-13)19(26)10-24-17-8-14(25(28)29)4-6-18(17)30-11-20(24)27/h3-8,12H,9-11H2,1-2H3. The predicted octanol–water partition coefficient (Wildman–Crippen LogP) is 4.06. The van der Waals surface area contributed by atoms with Gasteiger partial charge in [-0.15, -0.1) is 0 Å². The van der Waals surface area contributed by atoms with Gasteiger partial charge in [0.05, 0.1) is 20.7 Å². The molecule has 0 atom stereocenters. The van der Waals surface area contributed by atoms with Gasteiger partial charge in [0.15, 0.2) is 6.61 Å². The van der Waals surface area contributed by atoms with E-state index in [0.717, 1.165) is 5.56 Å². The molecule has 0 radical (unpaired) electrons. The van der Waals surface area contributed by atoms with Gasteiger partial charge in [-0.2, -0.15) is 0 Å². The van der Waals surface area contributed by atoms with Crippen LogP contribution in [0.15, 0.2) is 36.4 Å². The number of hydrogen-bond acceptors (Lipinski definition) is 5. The number of halogens is 2. The molecule has 0 bridgehead atoms. The number of fused-ring (bicyclic) bond motifs is 1. The zero-order valence-corrected chi connectivity index (χ0v) is 17.8. The van der Waals surface area contributed by atoms with Crippen LogP contribution in [-0.2, 0) is 16.1 Å². The van der Waals surface area contributed by atoms with E-state index in [1.807, 2.05) is 13.8 Å². The van der Waals surface area contributed by atoms with Crippen LogP contribution in [-0.4, -0.2) is 40.8 Å². The third kappa shape index (κ3) is 4.66. The van der Waals surface area contributed by atoms with Crippen molar-refractivity contribution in [1.82, 2.24) is 4.90 Å². The first-order valence-electron chi connectivity index (χ1n) is 9.12. The third-order valence-corrected chi connectivity index (χ3v) is 5.41. The van der Waals surface area contributed by atoms with Crippen molar-refractivity contribution >= 4 is 46.4 Å². The number of carbonyl (C=O) groups is 2. The number of nitrogens with zero attached hydrogens (tertiary/aromatic N) is 3. The van der Waals surface area contributed by atoms with E-state index in [0.29, 0.717) is 15.8 Å². The Balaban J connectivity index is 1.85. The lowest BCUT2D eigenvalue weighted by molar-refractivity contribution is -0.384. The summed E-state index contributed by atoms with van der Waals surface area (Å²) in [5, 5.41) is 11.9. The smallest absolute Gasteiger partial charge is 0.271 e. The second-order valence-corrected chi connectivity index (χ2v) is 7.86. The highest BCUT2D eigenvalue weighted by atomic mass is 35.5. The summed E-state index contributed by atoms with van der Waals surface area (Å²) in [5.41, 5.74) is 0.795. The number of nitro groups is 1. The summed E-state index contributed by atoms with van der Waals surface area (Å²) in [6, 6.07) is 8.90. The molecule has 30 heavy (non-hydrogen) atoms. The molecule has 1 heterocycles. The van der Waals surface area contributed by atoms with Crippen LogP contribution < -0.4 is 9.64 Å². The molecule has 10 heteroatoms. The molecule has 2 aromatic carbocycles. The van der Waals surface area contributed by atoms with E-state index in [9.17, 15) is 19.7 Å². The van der Waals surface area contributed by atoms with E-state index in [1.54, 1.807) is 23.1 Å². The van der Waals surface area contributed by atoms with E-state index in [1.165, 1.54) is 23.1 Å². The van der Waals surface area contributed by atoms with E-state index < -0.39 is 10.8 Å². The van der Waals surface area contributed by atoms with Crippen LogP contribution in [0.3, 0.4) is 0 Å². The van der Waals surface area contributed by atoms with Gasteiger partial charge in [0.25, 0.3) is 11.6 Å². The molecular formula is C20H19Cl2N3O5. The van der Waals surface area contributed by atoms with Crippen molar-refractivity contribution in [2.45, 2.75) is 26.4 Å². The molecule has 0 N–H and O–H groups in total. The van der Waals surface area contributed by atoms with Gasteiger partial charge < -0.3 is 9.64 Å². The van der Waals surface area contributed by atoms with Crippen LogP contribution in [0.5, 0.6) is 5.75 Å². The van der Waals surface area contributed by atoms with Crippen molar-refractivity contribution in [3.8, 4) is 5.75 Å². The summed E-state index contributed by atoms with van der Waals surface area (Å²) in [6.45, 7) is 3.47. The fourth-order valence-electron chi connectivity index (χ4n) is 3.10. The summed E-state index contributed by atoms with van der Waals surface area (Å²) in [5.74, 6) is -0.452. The topological polar surface area (TPSA) is 93.0 Å². The molecule has 0 saturated carbocycles. The number of ether oxygens (including phenoxy) is 1. The molecule has 3 rings (SSSR count). The highest BCUT2D eigenvalue weighted by Gasteiger charge is 2.31. The number of hydrogen-bond donors (Lipinski definition) is 0. The van der Waals surface area contributed by atoms with Gasteiger partial charge in [-0.05, 0) is 37.6 Å². The Hall–Kier alpha value is -2.84. The second-order valence-electron chi connectivity index (χ2n) is 7.04. The van der Waals surface area contributed by atoms with Crippen LogP contribution in [0.2, 0.25) is 10.0 Å². The van der Waals surface area contributed by atoms with Crippen molar-refractivity contribution in [3.05, 3.63) is 62.1 Å². The van der Waals surface area contributed by atoms with Crippen molar-refractivity contribution in [2.75, 3.05) is 18.1 Å². The molecule has 0 saturated heterocycles. The second kappa shape index (κ2) is 8.89. The van der Waals surface area contributed by atoms with Gasteiger partial charge in [-0.1, -0.05) is 29.3 Å². The summed E-state index contributed by atoms with van der Waals surface area (Å²) < 4.78 is 5.34. The number of nitro benzene ring substituents is 1. The molecule has 0 fully saturated rings.